The van der Waals surface area contributed by atoms with Crippen molar-refractivity contribution < 1.29 is 9.59 Å². The van der Waals surface area contributed by atoms with E-state index < -0.39 is 0 Å². The Labute approximate surface area is 183 Å². The van der Waals surface area contributed by atoms with E-state index in [0.29, 0.717) is 11.1 Å². The number of nitrogens with one attached hydrogen (secondary N) is 1. The predicted octanol–water partition coefficient (Wildman–Crippen LogP) is 4.08. The summed E-state index contributed by atoms with van der Waals surface area (Å²) in [6.45, 7) is 0. The topological polar surface area (TPSA) is 68.9 Å². The van der Waals surface area contributed by atoms with E-state index in [0.717, 1.165) is 38.6 Å². The monoisotopic (exact) mass is 418 g/mol. The van der Waals surface area contributed by atoms with E-state index in [2.05, 4.69) is 10.3 Å². The molecular formula is C26H18N4O2. The quantitative estimate of drug-likeness (QED) is 0.449. The Balaban J connectivity index is 1.69. The number of hydrogen-bond acceptors (Lipinski definition) is 3. The van der Waals surface area contributed by atoms with Gasteiger partial charge in [-0.05, 0) is 24.3 Å². The number of aromatic nitrogens is 3. The third-order valence-corrected chi connectivity index (χ3v) is 6.00. The number of aryl methyl sites for hydroxylation is 1. The normalized spacial score (nSPS) is 14.0. The summed E-state index contributed by atoms with van der Waals surface area (Å²) in [5.74, 6) is -0.758. The molecule has 0 aliphatic carbocycles. The highest BCUT2D eigenvalue weighted by molar-refractivity contribution is 6.50. The lowest BCUT2D eigenvalue weighted by atomic mass is 9.95. The maximum atomic E-state index is 13.1. The number of amides is 2. The fourth-order valence-electron chi connectivity index (χ4n) is 4.60. The number of nitrogens with zero attached hydrogens (tertiary/aromatic N) is 3. The number of pyridine rings is 1. The average molecular weight is 418 g/mol. The van der Waals surface area contributed by atoms with Crippen LogP contribution in [0.1, 0.15) is 11.1 Å². The predicted molar refractivity (Wildman–Crippen MR) is 124 cm³/mol. The molecule has 2 amide bonds. The third-order valence-electron chi connectivity index (χ3n) is 6.00. The molecule has 4 heterocycles. The van der Waals surface area contributed by atoms with Gasteiger partial charge in [-0.2, -0.15) is 0 Å². The first-order valence-corrected chi connectivity index (χ1v) is 10.3. The molecule has 3 aromatic heterocycles. The van der Waals surface area contributed by atoms with Crippen molar-refractivity contribution in [1.82, 2.24) is 19.4 Å². The lowest BCUT2D eigenvalue weighted by Gasteiger charge is -2.03. The molecule has 6 rings (SSSR count). The van der Waals surface area contributed by atoms with E-state index in [9.17, 15) is 9.59 Å². The third kappa shape index (κ3) is 2.56. The molecule has 6 nitrogen and oxygen atoms in total. The minimum absolute atomic E-state index is 0.375. The van der Waals surface area contributed by atoms with Gasteiger partial charge in [0.2, 0.25) is 0 Å². The summed E-state index contributed by atoms with van der Waals surface area (Å²) in [4.78, 5) is 30.3. The highest BCUT2D eigenvalue weighted by atomic mass is 16.2. The Kier molecular flexibility index (Phi) is 3.89. The molecule has 0 atom stereocenters. The molecule has 5 aromatic rings. The van der Waals surface area contributed by atoms with Crippen molar-refractivity contribution in [3.8, 4) is 5.69 Å². The van der Waals surface area contributed by atoms with Crippen LogP contribution in [-0.2, 0) is 16.6 Å². The van der Waals surface area contributed by atoms with Gasteiger partial charge < -0.3 is 9.13 Å². The van der Waals surface area contributed by atoms with Gasteiger partial charge in [-0.1, -0.05) is 36.4 Å². The Hall–Kier alpha value is -4.45. The zero-order valence-corrected chi connectivity index (χ0v) is 17.2. The van der Waals surface area contributed by atoms with Crippen molar-refractivity contribution in [3.05, 3.63) is 96.6 Å². The van der Waals surface area contributed by atoms with Gasteiger partial charge in [0.05, 0.1) is 28.5 Å². The van der Waals surface area contributed by atoms with Crippen LogP contribution >= 0.6 is 0 Å². The van der Waals surface area contributed by atoms with E-state index in [1.807, 2.05) is 89.2 Å². The minimum Gasteiger partial charge on any atom is -0.350 e. The van der Waals surface area contributed by atoms with Crippen LogP contribution in [-0.4, -0.2) is 25.9 Å². The molecule has 1 N–H and O–H groups in total. The summed E-state index contributed by atoms with van der Waals surface area (Å²) in [5.41, 5.74) is 5.08. The Morgan fingerprint density at radius 3 is 2.06 bits per heavy atom. The SMILES string of the molecule is Cn1cc(C2=C(c3cn(-c4cccnc4)c4ccccc34)C(=O)NC2=O)c2ccccc21. The van der Waals surface area contributed by atoms with Crippen molar-refractivity contribution in [2.75, 3.05) is 0 Å². The van der Waals surface area contributed by atoms with Crippen molar-refractivity contribution in [2.24, 2.45) is 7.05 Å². The highest BCUT2D eigenvalue weighted by Crippen LogP contribution is 2.39. The summed E-state index contributed by atoms with van der Waals surface area (Å²) in [6, 6.07) is 19.6. The zero-order valence-electron chi connectivity index (χ0n) is 17.2. The average Bonchev–Trinajstić information content (AvgIpc) is 3.45. The van der Waals surface area contributed by atoms with Gasteiger partial charge in [0.1, 0.15) is 0 Å². The number of carbonyl (C=O) groups excluding carboxylic acids is 2. The van der Waals surface area contributed by atoms with Crippen molar-refractivity contribution >= 4 is 44.8 Å². The standard InChI is InChI=1S/C26H18N4O2/c1-29-14-19(17-8-2-4-10-21(17)29)23-24(26(32)28-25(23)31)20-15-30(16-7-6-12-27-13-16)22-11-5-3-9-18(20)22/h2-15H,1H3,(H,28,31,32). The maximum absolute atomic E-state index is 13.1. The zero-order chi connectivity index (χ0) is 21.8. The lowest BCUT2D eigenvalue weighted by Crippen LogP contribution is -2.22. The smallest absolute Gasteiger partial charge is 0.259 e. The maximum Gasteiger partial charge on any atom is 0.259 e. The highest BCUT2D eigenvalue weighted by Gasteiger charge is 2.35. The van der Waals surface area contributed by atoms with E-state index in [-0.39, 0.29) is 11.8 Å². The molecule has 0 fully saturated rings. The summed E-state index contributed by atoms with van der Waals surface area (Å²) in [6.07, 6.45) is 7.33. The van der Waals surface area contributed by atoms with Crippen LogP contribution in [0.25, 0.3) is 38.6 Å². The molecule has 0 saturated carbocycles. The first-order valence-electron chi connectivity index (χ1n) is 10.3. The van der Waals surface area contributed by atoms with Crippen LogP contribution in [0.5, 0.6) is 0 Å². The summed E-state index contributed by atoms with van der Waals surface area (Å²) < 4.78 is 3.98. The fourth-order valence-corrected chi connectivity index (χ4v) is 4.60. The molecule has 1 aliphatic heterocycles. The second kappa shape index (κ2) is 6.78. The summed E-state index contributed by atoms with van der Waals surface area (Å²) in [5, 5.41) is 4.35. The van der Waals surface area contributed by atoms with Crippen molar-refractivity contribution in [3.63, 3.8) is 0 Å². The van der Waals surface area contributed by atoms with E-state index in [1.165, 1.54) is 0 Å². The van der Waals surface area contributed by atoms with Crippen LogP contribution in [0.4, 0.5) is 0 Å². The molecule has 6 heteroatoms. The van der Waals surface area contributed by atoms with Gasteiger partial charge in [-0.15, -0.1) is 0 Å². The summed E-state index contributed by atoms with van der Waals surface area (Å²) >= 11 is 0. The first kappa shape index (κ1) is 18.3. The van der Waals surface area contributed by atoms with Crippen molar-refractivity contribution in [1.29, 1.82) is 0 Å². The number of hydrogen-bond donors (Lipinski definition) is 1. The van der Waals surface area contributed by atoms with E-state index in [1.54, 1.807) is 12.4 Å². The second-order valence-electron chi connectivity index (χ2n) is 7.85. The molecule has 0 radical (unpaired) electrons. The van der Waals surface area contributed by atoms with Crippen LogP contribution in [0.15, 0.2) is 85.5 Å². The second-order valence-corrected chi connectivity index (χ2v) is 7.85. The number of carbonyl (C=O) groups is 2. The Bertz CT molecular complexity index is 1590. The van der Waals surface area contributed by atoms with Gasteiger partial charge >= 0.3 is 0 Å². The van der Waals surface area contributed by atoms with Gasteiger partial charge in [0.15, 0.2) is 0 Å². The number of rotatable bonds is 3. The Morgan fingerprint density at radius 2 is 1.38 bits per heavy atom. The van der Waals surface area contributed by atoms with Gasteiger partial charge in [-0.25, -0.2) is 0 Å². The van der Waals surface area contributed by atoms with Gasteiger partial charge in [0, 0.05) is 53.1 Å². The molecule has 2 aromatic carbocycles. The minimum atomic E-state index is -0.382. The number of imide groups is 1. The molecule has 154 valence electrons. The summed E-state index contributed by atoms with van der Waals surface area (Å²) in [7, 11) is 1.94. The molecule has 0 unspecified atom stereocenters. The van der Waals surface area contributed by atoms with Gasteiger partial charge in [-0.3, -0.25) is 19.9 Å². The number of fused-ring (bicyclic) bond motifs is 2. The fraction of sp³-hybridized carbons (Fsp3) is 0.0385. The molecule has 32 heavy (non-hydrogen) atoms. The number of benzene rings is 2. The molecule has 0 saturated heterocycles. The van der Waals surface area contributed by atoms with Crippen LogP contribution in [0.3, 0.4) is 0 Å². The van der Waals surface area contributed by atoms with Crippen LogP contribution in [0.2, 0.25) is 0 Å². The Morgan fingerprint density at radius 1 is 0.750 bits per heavy atom. The van der Waals surface area contributed by atoms with E-state index >= 15 is 0 Å². The van der Waals surface area contributed by atoms with Crippen LogP contribution in [0, 0.1) is 0 Å². The molecule has 0 spiro atoms. The van der Waals surface area contributed by atoms with Crippen molar-refractivity contribution in [2.45, 2.75) is 0 Å². The van der Waals surface area contributed by atoms with Gasteiger partial charge in [0.25, 0.3) is 11.8 Å². The largest absolute Gasteiger partial charge is 0.350 e. The lowest BCUT2D eigenvalue weighted by molar-refractivity contribution is -0.122. The molecule has 1 aliphatic rings. The molecular weight excluding hydrogens is 400 g/mol. The first-order chi connectivity index (χ1) is 15.6. The number of para-hydroxylation sites is 2. The molecule has 0 bridgehead atoms. The van der Waals surface area contributed by atoms with E-state index in [4.69, 9.17) is 0 Å². The van der Waals surface area contributed by atoms with Crippen LogP contribution < -0.4 is 5.32 Å².